The van der Waals surface area contributed by atoms with Gasteiger partial charge in [-0.3, -0.25) is 4.79 Å². The molecule has 3 rings (SSSR count). The zero-order chi connectivity index (χ0) is 18.0. The van der Waals surface area contributed by atoms with E-state index in [0.29, 0.717) is 13.0 Å². The van der Waals surface area contributed by atoms with Gasteiger partial charge in [0.05, 0.1) is 19.1 Å². The van der Waals surface area contributed by atoms with E-state index in [2.05, 4.69) is 16.3 Å². The minimum absolute atomic E-state index is 0.00294. The Morgan fingerprint density at radius 2 is 2.20 bits per heavy atom. The molecule has 0 aliphatic carbocycles. The maximum Gasteiger partial charge on any atom is 0.222 e. The molecule has 1 amide bonds. The molecule has 6 nitrogen and oxygen atoms in total. The van der Waals surface area contributed by atoms with Crippen LogP contribution in [0.15, 0.2) is 18.2 Å². The third-order valence-corrected chi connectivity index (χ3v) is 4.98. The predicted molar refractivity (Wildman–Crippen MR) is 96.2 cm³/mol. The van der Waals surface area contributed by atoms with Gasteiger partial charge in [-0.05, 0) is 31.0 Å². The van der Waals surface area contributed by atoms with Crippen LogP contribution in [0.4, 0.5) is 5.69 Å². The molecule has 2 N–H and O–H groups in total. The highest BCUT2D eigenvalue weighted by molar-refractivity contribution is 5.76. The van der Waals surface area contributed by atoms with Crippen LogP contribution in [0, 0.1) is 0 Å². The summed E-state index contributed by atoms with van der Waals surface area (Å²) in [6, 6.07) is 6.16. The smallest absolute Gasteiger partial charge is 0.222 e. The van der Waals surface area contributed by atoms with E-state index < -0.39 is 6.10 Å². The molecule has 0 radical (unpaired) electrons. The van der Waals surface area contributed by atoms with Crippen molar-refractivity contribution in [3.8, 4) is 5.75 Å². The highest BCUT2D eigenvalue weighted by Crippen LogP contribution is 2.47. The van der Waals surface area contributed by atoms with Crippen LogP contribution < -0.4 is 15.0 Å². The molecule has 1 aromatic rings. The van der Waals surface area contributed by atoms with Gasteiger partial charge in [-0.2, -0.15) is 0 Å². The largest absolute Gasteiger partial charge is 0.487 e. The maximum absolute atomic E-state index is 12.1. The van der Waals surface area contributed by atoms with Crippen LogP contribution >= 0.6 is 0 Å². The number of benzene rings is 1. The molecule has 25 heavy (non-hydrogen) atoms. The normalized spacial score (nSPS) is 27.2. The number of aliphatic hydroxyl groups is 1. The fourth-order valence-electron chi connectivity index (χ4n) is 3.70. The quantitative estimate of drug-likeness (QED) is 0.818. The Morgan fingerprint density at radius 3 is 2.88 bits per heavy atom. The van der Waals surface area contributed by atoms with Gasteiger partial charge in [0, 0.05) is 37.8 Å². The van der Waals surface area contributed by atoms with E-state index in [4.69, 9.17) is 9.47 Å². The average Bonchev–Trinajstić information content (AvgIpc) is 2.97. The summed E-state index contributed by atoms with van der Waals surface area (Å²) in [7, 11) is 4.02. The van der Waals surface area contributed by atoms with Crippen molar-refractivity contribution in [3.05, 3.63) is 23.8 Å². The van der Waals surface area contributed by atoms with Crippen LogP contribution in [0.25, 0.3) is 0 Å². The number of anilines is 1. The first-order valence-corrected chi connectivity index (χ1v) is 9.04. The lowest BCUT2D eigenvalue weighted by Gasteiger charge is -2.37. The third-order valence-electron chi connectivity index (χ3n) is 4.98. The van der Waals surface area contributed by atoms with Gasteiger partial charge in [-0.15, -0.1) is 0 Å². The second-order valence-electron chi connectivity index (χ2n) is 7.07. The number of hydrogen-bond acceptors (Lipinski definition) is 5. The predicted octanol–water partition coefficient (Wildman–Crippen LogP) is 1.66. The van der Waals surface area contributed by atoms with Gasteiger partial charge in [-0.25, -0.2) is 0 Å². The van der Waals surface area contributed by atoms with Crippen molar-refractivity contribution in [2.45, 2.75) is 50.4 Å². The molecule has 1 saturated heterocycles. The first-order valence-electron chi connectivity index (χ1n) is 9.04. The van der Waals surface area contributed by atoms with Gasteiger partial charge in [0.25, 0.3) is 0 Å². The van der Waals surface area contributed by atoms with E-state index in [1.165, 1.54) is 0 Å². The van der Waals surface area contributed by atoms with E-state index in [1.54, 1.807) is 0 Å². The number of aliphatic hydroxyl groups excluding tert-OH is 1. The molecule has 0 unspecified atom stereocenters. The molecule has 2 aliphatic heterocycles. The molecule has 0 aromatic heterocycles. The van der Waals surface area contributed by atoms with Crippen LogP contribution in [-0.2, 0) is 9.53 Å². The van der Waals surface area contributed by atoms with Crippen LogP contribution in [-0.4, -0.2) is 56.6 Å². The molecule has 6 heteroatoms. The van der Waals surface area contributed by atoms with Crippen LogP contribution in [0.1, 0.15) is 37.7 Å². The first-order chi connectivity index (χ1) is 12.0. The Balaban J connectivity index is 1.77. The summed E-state index contributed by atoms with van der Waals surface area (Å²) in [6.07, 6.45) is 1.17. The molecule has 1 fully saturated rings. The zero-order valence-corrected chi connectivity index (χ0v) is 15.2. The number of carbonyl (C=O) groups is 1. The number of carbonyl (C=O) groups excluding carboxylic acids is 1. The summed E-state index contributed by atoms with van der Waals surface area (Å²) >= 11 is 0. The SMILES string of the molecule is CCCNC(=O)C[C@H]1C[C@@H]2c3cc(N(C)C)ccc3O[C@@H]2[C@H](CO)O1. The van der Waals surface area contributed by atoms with Crippen molar-refractivity contribution < 1.29 is 19.4 Å². The van der Waals surface area contributed by atoms with E-state index in [1.807, 2.05) is 33.2 Å². The minimum Gasteiger partial charge on any atom is -0.487 e. The van der Waals surface area contributed by atoms with Crippen molar-refractivity contribution in [2.24, 2.45) is 0 Å². The Morgan fingerprint density at radius 1 is 1.40 bits per heavy atom. The van der Waals surface area contributed by atoms with Gasteiger partial charge in [-0.1, -0.05) is 6.92 Å². The van der Waals surface area contributed by atoms with Crippen LogP contribution in [0.3, 0.4) is 0 Å². The number of nitrogens with zero attached hydrogens (tertiary/aromatic N) is 1. The number of nitrogens with one attached hydrogen (secondary N) is 1. The van der Waals surface area contributed by atoms with Crippen molar-refractivity contribution >= 4 is 11.6 Å². The Bertz CT molecular complexity index is 619. The molecule has 0 saturated carbocycles. The molecule has 2 aliphatic rings. The topological polar surface area (TPSA) is 71.0 Å². The molecule has 1 aromatic carbocycles. The monoisotopic (exact) mass is 348 g/mol. The zero-order valence-electron chi connectivity index (χ0n) is 15.2. The van der Waals surface area contributed by atoms with E-state index in [0.717, 1.165) is 29.8 Å². The Hall–Kier alpha value is -1.79. The second-order valence-corrected chi connectivity index (χ2v) is 7.07. The van der Waals surface area contributed by atoms with Crippen LogP contribution in [0.5, 0.6) is 5.75 Å². The van der Waals surface area contributed by atoms with Crippen molar-refractivity contribution in [2.75, 3.05) is 32.1 Å². The van der Waals surface area contributed by atoms with Gasteiger partial charge in [0.1, 0.15) is 18.0 Å². The molecular weight excluding hydrogens is 320 g/mol. The third kappa shape index (κ3) is 3.75. The van der Waals surface area contributed by atoms with E-state index in [9.17, 15) is 9.90 Å². The second kappa shape index (κ2) is 7.62. The number of ether oxygens (including phenoxy) is 2. The summed E-state index contributed by atoms with van der Waals surface area (Å²) < 4.78 is 12.0. The molecule has 0 bridgehead atoms. The number of amides is 1. The lowest BCUT2D eigenvalue weighted by molar-refractivity contribution is -0.142. The van der Waals surface area contributed by atoms with Gasteiger partial charge < -0.3 is 24.8 Å². The highest BCUT2D eigenvalue weighted by Gasteiger charge is 2.46. The Kier molecular flexibility index (Phi) is 5.49. The van der Waals surface area contributed by atoms with E-state index in [-0.39, 0.29) is 30.6 Å². The molecule has 4 atom stereocenters. The summed E-state index contributed by atoms with van der Waals surface area (Å²) in [6.45, 7) is 2.60. The summed E-state index contributed by atoms with van der Waals surface area (Å²) in [5, 5.41) is 12.6. The average molecular weight is 348 g/mol. The summed E-state index contributed by atoms with van der Waals surface area (Å²) in [5.74, 6) is 1.01. The van der Waals surface area contributed by atoms with Gasteiger partial charge in [0.2, 0.25) is 5.91 Å². The molecule has 0 spiro atoms. The number of hydrogen-bond donors (Lipinski definition) is 2. The highest BCUT2D eigenvalue weighted by atomic mass is 16.6. The lowest BCUT2D eigenvalue weighted by atomic mass is 9.84. The summed E-state index contributed by atoms with van der Waals surface area (Å²) in [4.78, 5) is 14.1. The first kappa shape index (κ1) is 18.0. The maximum atomic E-state index is 12.1. The number of fused-ring (bicyclic) bond motifs is 3. The van der Waals surface area contributed by atoms with Crippen LogP contribution in [0.2, 0.25) is 0 Å². The van der Waals surface area contributed by atoms with Crippen molar-refractivity contribution in [1.29, 1.82) is 0 Å². The fraction of sp³-hybridized carbons (Fsp3) is 0.632. The van der Waals surface area contributed by atoms with Crippen molar-refractivity contribution in [3.63, 3.8) is 0 Å². The minimum atomic E-state index is -0.405. The van der Waals surface area contributed by atoms with Gasteiger partial charge in [0.15, 0.2) is 0 Å². The van der Waals surface area contributed by atoms with Crippen molar-refractivity contribution in [1.82, 2.24) is 5.32 Å². The molecular formula is C19H28N2O4. The van der Waals surface area contributed by atoms with Gasteiger partial charge >= 0.3 is 0 Å². The molecule has 2 heterocycles. The summed E-state index contributed by atoms with van der Waals surface area (Å²) in [5.41, 5.74) is 2.27. The van der Waals surface area contributed by atoms with E-state index >= 15 is 0 Å². The molecule has 138 valence electrons. The fourth-order valence-corrected chi connectivity index (χ4v) is 3.70. The standard InChI is InChI=1S/C19H28N2O4/c1-4-7-20-18(23)10-13-9-15-14-8-12(21(2)3)5-6-16(14)25-19(15)17(11-22)24-13/h5-6,8,13,15,17,19,22H,4,7,9-11H2,1-3H3,(H,20,23)/t13-,15-,17+,19+/m1/s1. The number of rotatable bonds is 6. The lowest BCUT2D eigenvalue weighted by Crippen LogP contribution is -2.47. The Labute approximate surface area is 149 Å².